The van der Waals surface area contributed by atoms with Crippen molar-refractivity contribution in [3.8, 4) is 0 Å². The third-order valence-corrected chi connectivity index (χ3v) is 3.29. The highest BCUT2D eigenvalue weighted by molar-refractivity contribution is 5.25. The Morgan fingerprint density at radius 2 is 2.00 bits per heavy atom. The summed E-state index contributed by atoms with van der Waals surface area (Å²) < 4.78 is 0. The van der Waals surface area contributed by atoms with Crippen molar-refractivity contribution in [1.82, 2.24) is 10.2 Å². The van der Waals surface area contributed by atoms with Crippen LogP contribution in [-0.2, 0) is 0 Å². The summed E-state index contributed by atoms with van der Waals surface area (Å²) in [5, 5.41) is 3.54. The summed E-state index contributed by atoms with van der Waals surface area (Å²) in [6.07, 6.45) is 1.36. The van der Waals surface area contributed by atoms with Crippen LogP contribution in [0, 0.1) is 5.92 Å². The van der Waals surface area contributed by atoms with Crippen LogP contribution in [0.1, 0.15) is 17.9 Å². The maximum atomic E-state index is 3.54. The lowest BCUT2D eigenvalue weighted by Gasteiger charge is -2.10. The van der Waals surface area contributed by atoms with Gasteiger partial charge in [0.25, 0.3) is 0 Å². The minimum atomic E-state index is 0.813. The van der Waals surface area contributed by atoms with Crippen LogP contribution < -0.4 is 5.32 Å². The van der Waals surface area contributed by atoms with E-state index in [1.807, 2.05) is 0 Å². The predicted molar refractivity (Wildman–Crippen MR) is 68.7 cm³/mol. The van der Waals surface area contributed by atoms with Gasteiger partial charge in [0.15, 0.2) is 0 Å². The van der Waals surface area contributed by atoms with Gasteiger partial charge in [0.05, 0.1) is 0 Å². The molecule has 1 N–H and O–H groups in total. The van der Waals surface area contributed by atoms with Gasteiger partial charge < -0.3 is 10.2 Å². The Kier molecular flexibility index (Phi) is 3.97. The minimum absolute atomic E-state index is 0.813. The Hall–Kier alpha value is -0.860. The topological polar surface area (TPSA) is 15.3 Å². The second-order valence-corrected chi connectivity index (χ2v) is 5.02. The van der Waals surface area contributed by atoms with Crippen LogP contribution in [0.5, 0.6) is 0 Å². The molecule has 0 bridgehead atoms. The van der Waals surface area contributed by atoms with Crippen LogP contribution in [-0.4, -0.2) is 38.6 Å². The SMILES string of the molecule is CN(C)CCNCC1CC1c1ccccc1. The maximum Gasteiger partial charge on any atom is 0.0101 e. The summed E-state index contributed by atoms with van der Waals surface area (Å²) in [6, 6.07) is 10.9. The first kappa shape index (κ1) is 11.6. The molecule has 1 aliphatic carbocycles. The number of hydrogen-bond acceptors (Lipinski definition) is 2. The quantitative estimate of drug-likeness (QED) is 0.734. The van der Waals surface area contributed by atoms with E-state index in [2.05, 4.69) is 54.6 Å². The van der Waals surface area contributed by atoms with Crippen molar-refractivity contribution < 1.29 is 0 Å². The third-order valence-electron chi connectivity index (χ3n) is 3.29. The molecule has 1 aliphatic rings. The zero-order chi connectivity index (χ0) is 11.4. The largest absolute Gasteiger partial charge is 0.315 e. The van der Waals surface area contributed by atoms with Crippen molar-refractivity contribution in [2.75, 3.05) is 33.7 Å². The maximum absolute atomic E-state index is 3.54. The Balaban J connectivity index is 1.65. The molecule has 88 valence electrons. The van der Waals surface area contributed by atoms with Crippen molar-refractivity contribution in [2.24, 2.45) is 5.92 Å². The zero-order valence-corrected chi connectivity index (χ0v) is 10.3. The summed E-state index contributed by atoms with van der Waals surface area (Å²) in [5.74, 6) is 1.68. The zero-order valence-electron chi connectivity index (χ0n) is 10.3. The Morgan fingerprint density at radius 1 is 1.25 bits per heavy atom. The van der Waals surface area contributed by atoms with Crippen molar-refractivity contribution in [1.29, 1.82) is 0 Å². The summed E-state index contributed by atoms with van der Waals surface area (Å²) >= 11 is 0. The van der Waals surface area contributed by atoms with E-state index in [1.54, 1.807) is 0 Å². The molecule has 0 amide bonds. The average Bonchev–Trinajstić information content (AvgIpc) is 3.05. The standard InChI is InChI=1S/C14H22N2/c1-16(2)9-8-15-11-13-10-14(13)12-6-4-3-5-7-12/h3-7,13-15H,8-11H2,1-2H3. The molecule has 16 heavy (non-hydrogen) atoms. The number of nitrogens with zero attached hydrogens (tertiary/aromatic N) is 1. The summed E-state index contributed by atoms with van der Waals surface area (Å²) in [7, 11) is 4.23. The molecule has 0 saturated heterocycles. The molecule has 1 aromatic carbocycles. The van der Waals surface area contributed by atoms with Gasteiger partial charge >= 0.3 is 0 Å². The molecule has 0 heterocycles. The molecule has 2 rings (SSSR count). The molecule has 2 unspecified atom stereocenters. The highest BCUT2D eigenvalue weighted by Gasteiger charge is 2.37. The normalized spacial score (nSPS) is 23.7. The van der Waals surface area contributed by atoms with Crippen molar-refractivity contribution in [2.45, 2.75) is 12.3 Å². The average molecular weight is 218 g/mol. The van der Waals surface area contributed by atoms with Gasteiger partial charge in [0, 0.05) is 13.1 Å². The number of hydrogen-bond donors (Lipinski definition) is 1. The number of likely N-dealkylation sites (N-methyl/N-ethyl adjacent to an activating group) is 1. The minimum Gasteiger partial charge on any atom is -0.315 e. The van der Waals surface area contributed by atoms with Gasteiger partial charge in [0.2, 0.25) is 0 Å². The van der Waals surface area contributed by atoms with Crippen LogP contribution in [0.2, 0.25) is 0 Å². The summed E-state index contributed by atoms with van der Waals surface area (Å²) in [5.41, 5.74) is 1.52. The lowest BCUT2D eigenvalue weighted by molar-refractivity contribution is 0.398. The van der Waals surface area contributed by atoms with Crippen LogP contribution in [0.4, 0.5) is 0 Å². The van der Waals surface area contributed by atoms with Crippen molar-refractivity contribution >= 4 is 0 Å². The molecule has 0 aliphatic heterocycles. The fourth-order valence-electron chi connectivity index (χ4n) is 2.17. The molecule has 1 aromatic rings. The van der Waals surface area contributed by atoms with Crippen LogP contribution in [0.3, 0.4) is 0 Å². The lowest BCUT2D eigenvalue weighted by Crippen LogP contribution is -2.28. The molecular weight excluding hydrogens is 196 g/mol. The highest BCUT2D eigenvalue weighted by atomic mass is 15.1. The molecule has 1 fully saturated rings. The Labute approximate surface area is 98.7 Å². The van der Waals surface area contributed by atoms with Gasteiger partial charge in [0.1, 0.15) is 0 Å². The van der Waals surface area contributed by atoms with Crippen LogP contribution >= 0.6 is 0 Å². The second-order valence-electron chi connectivity index (χ2n) is 5.02. The number of rotatable bonds is 6. The predicted octanol–water partition coefficient (Wildman–Crippen LogP) is 1.94. The molecule has 0 radical (unpaired) electrons. The van der Waals surface area contributed by atoms with Crippen LogP contribution in [0.15, 0.2) is 30.3 Å². The first-order valence-corrected chi connectivity index (χ1v) is 6.18. The summed E-state index contributed by atoms with van der Waals surface area (Å²) in [4.78, 5) is 2.22. The molecule has 1 saturated carbocycles. The third kappa shape index (κ3) is 3.32. The molecular formula is C14H22N2. The van der Waals surface area contributed by atoms with E-state index in [9.17, 15) is 0 Å². The molecule has 0 aromatic heterocycles. The Bertz CT molecular complexity index is 308. The van der Waals surface area contributed by atoms with E-state index in [-0.39, 0.29) is 0 Å². The van der Waals surface area contributed by atoms with Crippen molar-refractivity contribution in [3.63, 3.8) is 0 Å². The molecule has 2 heteroatoms. The van der Waals surface area contributed by atoms with Gasteiger partial charge in [-0.15, -0.1) is 0 Å². The summed E-state index contributed by atoms with van der Waals surface area (Å²) in [6.45, 7) is 3.40. The smallest absolute Gasteiger partial charge is 0.0101 e. The van der Waals surface area contributed by atoms with E-state index in [4.69, 9.17) is 0 Å². The van der Waals surface area contributed by atoms with E-state index in [0.717, 1.165) is 24.9 Å². The molecule has 2 nitrogen and oxygen atoms in total. The van der Waals surface area contributed by atoms with E-state index in [1.165, 1.54) is 18.5 Å². The molecule has 2 atom stereocenters. The number of benzene rings is 1. The van der Waals surface area contributed by atoms with Gasteiger partial charge in [-0.25, -0.2) is 0 Å². The fraction of sp³-hybridized carbons (Fsp3) is 0.571. The first-order valence-electron chi connectivity index (χ1n) is 6.18. The van der Waals surface area contributed by atoms with Gasteiger partial charge in [-0.2, -0.15) is 0 Å². The van der Waals surface area contributed by atoms with Gasteiger partial charge in [-0.05, 0) is 44.5 Å². The second kappa shape index (κ2) is 5.46. The molecule has 0 spiro atoms. The fourth-order valence-corrected chi connectivity index (χ4v) is 2.17. The highest BCUT2D eigenvalue weighted by Crippen LogP contribution is 2.46. The monoisotopic (exact) mass is 218 g/mol. The number of nitrogens with one attached hydrogen (secondary N) is 1. The van der Waals surface area contributed by atoms with Gasteiger partial charge in [-0.3, -0.25) is 0 Å². The lowest BCUT2D eigenvalue weighted by atomic mass is 10.1. The first-order chi connectivity index (χ1) is 7.77. The Morgan fingerprint density at radius 3 is 2.69 bits per heavy atom. The van der Waals surface area contributed by atoms with E-state index in [0.29, 0.717) is 0 Å². The van der Waals surface area contributed by atoms with Gasteiger partial charge in [-0.1, -0.05) is 30.3 Å². The van der Waals surface area contributed by atoms with Crippen LogP contribution in [0.25, 0.3) is 0 Å². The van der Waals surface area contributed by atoms with Crippen molar-refractivity contribution in [3.05, 3.63) is 35.9 Å². The van der Waals surface area contributed by atoms with E-state index < -0.39 is 0 Å². The van der Waals surface area contributed by atoms with E-state index >= 15 is 0 Å².